The lowest BCUT2D eigenvalue weighted by Gasteiger charge is -2.14. The van der Waals surface area contributed by atoms with E-state index in [0.29, 0.717) is 17.2 Å². The van der Waals surface area contributed by atoms with E-state index in [1.54, 1.807) is 24.0 Å². The predicted molar refractivity (Wildman–Crippen MR) is 122 cm³/mol. The Morgan fingerprint density at radius 1 is 1.03 bits per heavy atom. The Bertz CT molecular complexity index is 1520. The first-order chi connectivity index (χ1) is 15.9. The summed E-state index contributed by atoms with van der Waals surface area (Å²) in [4.78, 5) is 9.32. The molecule has 0 spiro atoms. The van der Waals surface area contributed by atoms with Crippen molar-refractivity contribution >= 4 is 11.0 Å². The maximum atomic E-state index is 10.3. The molecule has 4 heterocycles. The number of nitriles is 1. The van der Waals surface area contributed by atoms with Crippen LogP contribution in [0.2, 0.25) is 0 Å². The summed E-state index contributed by atoms with van der Waals surface area (Å²) in [7, 11) is 0. The second kappa shape index (κ2) is 7.93. The van der Waals surface area contributed by atoms with E-state index in [4.69, 9.17) is 4.98 Å². The second-order valence-corrected chi connectivity index (χ2v) is 7.83. The highest BCUT2D eigenvalue weighted by atomic mass is 16.3. The zero-order valence-corrected chi connectivity index (χ0v) is 18.3. The third-order valence-electron chi connectivity index (χ3n) is 5.43. The minimum atomic E-state index is -0.762. The lowest BCUT2D eigenvalue weighted by molar-refractivity contribution is 0.198. The van der Waals surface area contributed by atoms with Crippen molar-refractivity contribution in [3.8, 4) is 29.0 Å². The highest BCUT2D eigenvalue weighted by molar-refractivity contribution is 5.82. The van der Waals surface area contributed by atoms with Crippen molar-refractivity contribution in [2.75, 3.05) is 0 Å². The Morgan fingerprint density at radius 2 is 1.88 bits per heavy atom. The molecule has 33 heavy (non-hydrogen) atoms. The van der Waals surface area contributed by atoms with E-state index in [-0.39, 0.29) is 5.69 Å². The molecule has 0 bridgehead atoms. The number of rotatable bonds is 4. The summed E-state index contributed by atoms with van der Waals surface area (Å²) in [6, 6.07) is 17.1. The standard InChI is InChI=1S/C24H20N8O/c1-14-4-7-20(29-28-14)17-5-8-21-22(11-17)31(13-26-21)23-9-6-19(16(3)33)24(27-23)32-15(2)10-18(12-25)30-32/h4-11,13,16,33H,1-3H3. The number of aliphatic hydroxyl groups excluding tert-OH is 1. The Hall–Kier alpha value is -4.42. The van der Waals surface area contributed by atoms with Crippen LogP contribution in [-0.2, 0) is 0 Å². The largest absolute Gasteiger partial charge is 0.389 e. The highest BCUT2D eigenvalue weighted by Crippen LogP contribution is 2.27. The van der Waals surface area contributed by atoms with Crippen molar-refractivity contribution in [1.29, 1.82) is 5.26 Å². The smallest absolute Gasteiger partial charge is 0.163 e. The van der Waals surface area contributed by atoms with Crippen molar-refractivity contribution in [2.24, 2.45) is 0 Å². The molecule has 0 aliphatic heterocycles. The normalized spacial score (nSPS) is 12.1. The summed E-state index contributed by atoms with van der Waals surface area (Å²) in [6.45, 7) is 5.41. The molecule has 0 fully saturated rings. The SMILES string of the molecule is Cc1ccc(-c2ccc3ncn(-c4ccc(C(C)O)c(-n5nc(C#N)cc5C)n4)c3c2)nn1. The van der Waals surface area contributed by atoms with Crippen molar-refractivity contribution < 1.29 is 5.11 Å². The van der Waals surface area contributed by atoms with Crippen molar-refractivity contribution in [3.63, 3.8) is 0 Å². The quantitative estimate of drug-likeness (QED) is 0.457. The van der Waals surface area contributed by atoms with Crippen LogP contribution in [0.15, 0.2) is 54.9 Å². The molecule has 1 aromatic carbocycles. The van der Waals surface area contributed by atoms with Gasteiger partial charge in [-0.2, -0.15) is 20.6 Å². The van der Waals surface area contributed by atoms with Gasteiger partial charge in [0.15, 0.2) is 11.5 Å². The fourth-order valence-corrected chi connectivity index (χ4v) is 3.73. The van der Waals surface area contributed by atoms with Crippen molar-refractivity contribution in [3.05, 3.63) is 77.5 Å². The summed E-state index contributed by atoms with van der Waals surface area (Å²) < 4.78 is 3.45. The van der Waals surface area contributed by atoms with Crippen LogP contribution in [0.25, 0.3) is 33.9 Å². The molecule has 0 radical (unpaired) electrons. The molecule has 0 saturated carbocycles. The molecule has 1 atom stereocenters. The summed E-state index contributed by atoms with van der Waals surface area (Å²) in [5.41, 5.74) is 5.84. The summed E-state index contributed by atoms with van der Waals surface area (Å²) in [6.07, 6.45) is 0.946. The molecule has 9 heteroatoms. The Kier molecular flexibility index (Phi) is 4.92. The van der Waals surface area contributed by atoms with Crippen LogP contribution in [0.4, 0.5) is 0 Å². The fraction of sp³-hybridized carbons (Fsp3) is 0.167. The molecule has 0 saturated heterocycles. The Balaban J connectivity index is 1.67. The van der Waals surface area contributed by atoms with Gasteiger partial charge in [-0.15, -0.1) is 0 Å². The van der Waals surface area contributed by atoms with Gasteiger partial charge in [-0.25, -0.2) is 14.6 Å². The molecule has 0 aliphatic rings. The minimum Gasteiger partial charge on any atom is -0.389 e. The fourth-order valence-electron chi connectivity index (χ4n) is 3.73. The number of aromatic nitrogens is 7. The molecule has 162 valence electrons. The molecule has 0 amide bonds. The van der Waals surface area contributed by atoms with Gasteiger partial charge in [0.05, 0.1) is 28.5 Å². The van der Waals surface area contributed by atoms with Gasteiger partial charge in [0.1, 0.15) is 18.2 Å². The lowest BCUT2D eigenvalue weighted by Crippen LogP contribution is -2.10. The van der Waals surface area contributed by atoms with E-state index in [1.165, 1.54) is 0 Å². The molecular weight excluding hydrogens is 416 g/mol. The van der Waals surface area contributed by atoms with E-state index in [9.17, 15) is 10.4 Å². The Morgan fingerprint density at radius 3 is 2.58 bits per heavy atom. The van der Waals surface area contributed by atoms with Gasteiger partial charge in [0, 0.05) is 16.8 Å². The number of nitrogens with zero attached hydrogens (tertiary/aromatic N) is 8. The van der Waals surface area contributed by atoms with E-state index >= 15 is 0 Å². The van der Waals surface area contributed by atoms with Gasteiger partial charge in [-0.3, -0.25) is 4.57 Å². The van der Waals surface area contributed by atoms with E-state index < -0.39 is 6.10 Å². The number of hydrogen-bond acceptors (Lipinski definition) is 7. The average molecular weight is 436 g/mol. The van der Waals surface area contributed by atoms with E-state index in [0.717, 1.165) is 33.7 Å². The zero-order chi connectivity index (χ0) is 23.1. The van der Waals surface area contributed by atoms with E-state index in [2.05, 4.69) is 20.3 Å². The van der Waals surface area contributed by atoms with Crippen LogP contribution >= 0.6 is 0 Å². The summed E-state index contributed by atoms with van der Waals surface area (Å²) >= 11 is 0. The molecule has 9 nitrogen and oxygen atoms in total. The third kappa shape index (κ3) is 3.62. The van der Waals surface area contributed by atoms with Crippen LogP contribution in [0.3, 0.4) is 0 Å². The van der Waals surface area contributed by atoms with Gasteiger partial charge in [-0.1, -0.05) is 6.07 Å². The van der Waals surface area contributed by atoms with Gasteiger partial charge >= 0.3 is 0 Å². The number of hydrogen-bond donors (Lipinski definition) is 1. The molecular formula is C24H20N8O. The molecule has 0 aliphatic carbocycles. The third-order valence-corrected chi connectivity index (χ3v) is 5.43. The van der Waals surface area contributed by atoms with Crippen LogP contribution < -0.4 is 0 Å². The molecule has 4 aromatic heterocycles. The first-order valence-corrected chi connectivity index (χ1v) is 10.4. The zero-order valence-electron chi connectivity index (χ0n) is 18.3. The number of aliphatic hydroxyl groups is 1. The predicted octanol–water partition coefficient (Wildman–Crippen LogP) is 3.61. The maximum Gasteiger partial charge on any atom is 0.163 e. The van der Waals surface area contributed by atoms with Crippen molar-refractivity contribution in [2.45, 2.75) is 26.9 Å². The topological polar surface area (TPSA) is 118 Å². The molecule has 1 N–H and O–H groups in total. The van der Waals surface area contributed by atoms with Crippen LogP contribution in [0.5, 0.6) is 0 Å². The molecule has 5 rings (SSSR count). The first-order valence-electron chi connectivity index (χ1n) is 10.4. The molecule has 5 aromatic rings. The number of aryl methyl sites for hydroxylation is 2. The number of pyridine rings is 1. The lowest BCUT2D eigenvalue weighted by atomic mass is 10.1. The minimum absolute atomic E-state index is 0.285. The highest BCUT2D eigenvalue weighted by Gasteiger charge is 2.18. The Labute approximate surface area is 189 Å². The summed E-state index contributed by atoms with van der Waals surface area (Å²) in [5.74, 6) is 1.07. The molecule has 1 unspecified atom stereocenters. The number of benzene rings is 1. The van der Waals surface area contributed by atoms with E-state index in [1.807, 2.05) is 66.9 Å². The first kappa shape index (κ1) is 20.5. The van der Waals surface area contributed by atoms with Gasteiger partial charge in [0.25, 0.3) is 0 Å². The monoisotopic (exact) mass is 436 g/mol. The average Bonchev–Trinajstić information content (AvgIpc) is 3.41. The van der Waals surface area contributed by atoms with Crippen LogP contribution in [0.1, 0.15) is 35.7 Å². The van der Waals surface area contributed by atoms with Gasteiger partial charge in [0.2, 0.25) is 0 Å². The second-order valence-electron chi connectivity index (χ2n) is 7.83. The van der Waals surface area contributed by atoms with Crippen LogP contribution in [-0.4, -0.2) is 39.6 Å². The van der Waals surface area contributed by atoms with Crippen molar-refractivity contribution in [1.82, 2.24) is 34.5 Å². The van der Waals surface area contributed by atoms with Crippen LogP contribution in [0, 0.1) is 25.2 Å². The van der Waals surface area contributed by atoms with Gasteiger partial charge < -0.3 is 5.11 Å². The maximum absolute atomic E-state index is 10.3. The number of fused-ring (bicyclic) bond motifs is 1. The van der Waals surface area contributed by atoms with Gasteiger partial charge in [-0.05, 0) is 63.2 Å². The summed E-state index contributed by atoms with van der Waals surface area (Å²) in [5, 5.41) is 32.3. The number of imidazole rings is 1.